The summed E-state index contributed by atoms with van der Waals surface area (Å²) in [5.74, 6) is 0.00628. The third-order valence-electron chi connectivity index (χ3n) is 4.50. The number of benzene rings is 2. The monoisotopic (exact) mass is 421 g/mol. The maximum absolute atomic E-state index is 13.1. The SMILES string of the molecule is O=C(Nc1ccccn1)C(c1ccccc1)N1Cc2ccc(Br)cc2C1=O. The van der Waals surface area contributed by atoms with Gasteiger partial charge in [0.15, 0.2) is 0 Å². The summed E-state index contributed by atoms with van der Waals surface area (Å²) in [7, 11) is 0. The highest BCUT2D eigenvalue weighted by molar-refractivity contribution is 9.10. The molecule has 5 nitrogen and oxygen atoms in total. The first-order chi connectivity index (χ1) is 13.1. The van der Waals surface area contributed by atoms with E-state index in [1.807, 2.05) is 42.5 Å². The number of anilines is 1. The van der Waals surface area contributed by atoms with Gasteiger partial charge in [-0.05, 0) is 35.4 Å². The molecule has 27 heavy (non-hydrogen) atoms. The molecule has 1 aromatic heterocycles. The van der Waals surface area contributed by atoms with Crippen LogP contribution < -0.4 is 5.32 Å². The first kappa shape index (κ1) is 17.4. The normalized spacial score (nSPS) is 14.0. The fourth-order valence-electron chi connectivity index (χ4n) is 3.24. The van der Waals surface area contributed by atoms with Gasteiger partial charge in [0, 0.05) is 22.8 Å². The van der Waals surface area contributed by atoms with Crippen LogP contribution in [0, 0.1) is 0 Å². The molecule has 0 fully saturated rings. The molecule has 134 valence electrons. The van der Waals surface area contributed by atoms with E-state index in [2.05, 4.69) is 26.2 Å². The number of pyridine rings is 1. The molecule has 0 spiro atoms. The lowest BCUT2D eigenvalue weighted by Gasteiger charge is -2.27. The molecule has 2 aromatic carbocycles. The number of nitrogens with zero attached hydrogens (tertiary/aromatic N) is 2. The minimum absolute atomic E-state index is 0.156. The van der Waals surface area contributed by atoms with Crippen molar-refractivity contribution in [2.24, 2.45) is 0 Å². The number of amides is 2. The van der Waals surface area contributed by atoms with Crippen LogP contribution in [0.1, 0.15) is 27.5 Å². The maximum atomic E-state index is 13.1. The van der Waals surface area contributed by atoms with E-state index >= 15 is 0 Å². The summed E-state index contributed by atoms with van der Waals surface area (Å²) < 4.78 is 0.839. The lowest BCUT2D eigenvalue weighted by molar-refractivity contribution is -0.120. The molecular weight excluding hydrogens is 406 g/mol. The van der Waals surface area contributed by atoms with Crippen LogP contribution in [-0.2, 0) is 11.3 Å². The Morgan fingerprint density at radius 1 is 1.07 bits per heavy atom. The summed E-state index contributed by atoms with van der Waals surface area (Å²) in [4.78, 5) is 31.9. The number of hydrogen-bond donors (Lipinski definition) is 1. The van der Waals surface area contributed by atoms with Crippen molar-refractivity contribution in [1.82, 2.24) is 9.88 Å². The number of carbonyl (C=O) groups excluding carboxylic acids is 2. The van der Waals surface area contributed by atoms with Crippen LogP contribution in [0.5, 0.6) is 0 Å². The third kappa shape index (κ3) is 3.48. The molecule has 0 radical (unpaired) electrons. The van der Waals surface area contributed by atoms with Crippen molar-refractivity contribution >= 4 is 33.6 Å². The minimum atomic E-state index is -0.744. The Bertz CT molecular complexity index is 993. The second kappa shape index (κ2) is 7.32. The van der Waals surface area contributed by atoms with Crippen LogP contribution in [0.2, 0.25) is 0 Å². The molecule has 0 saturated heterocycles. The predicted octanol–water partition coefficient (Wildman–Crippen LogP) is 4.18. The van der Waals surface area contributed by atoms with Crippen molar-refractivity contribution in [3.8, 4) is 0 Å². The lowest BCUT2D eigenvalue weighted by Crippen LogP contribution is -2.37. The Morgan fingerprint density at radius 3 is 2.59 bits per heavy atom. The van der Waals surface area contributed by atoms with Crippen molar-refractivity contribution in [3.05, 3.63) is 94.1 Å². The average Bonchev–Trinajstić information content (AvgIpc) is 3.00. The molecule has 1 atom stereocenters. The van der Waals surface area contributed by atoms with E-state index in [1.54, 1.807) is 35.4 Å². The van der Waals surface area contributed by atoms with E-state index in [0.717, 1.165) is 15.6 Å². The molecule has 1 unspecified atom stereocenters. The Balaban J connectivity index is 1.69. The van der Waals surface area contributed by atoms with Gasteiger partial charge >= 0.3 is 0 Å². The van der Waals surface area contributed by atoms with Gasteiger partial charge in [-0.3, -0.25) is 9.59 Å². The maximum Gasteiger partial charge on any atom is 0.255 e. The van der Waals surface area contributed by atoms with Gasteiger partial charge in [0.2, 0.25) is 0 Å². The fourth-order valence-corrected chi connectivity index (χ4v) is 3.60. The van der Waals surface area contributed by atoms with E-state index in [1.165, 1.54) is 0 Å². The zero-order chi connectivity index (χ0) is 18.8. The van der Waals surface area contributed by atoms with E-state index in [-0.39, 0.29) is 11.8 Å². The fraction of sp³-hybridized carbons (Fsp3) is 0.0952. The van der Waals surface area contributed by atoms with Crippen molar-refractivity contribution in [3.63, 3.8) is 0 Å². The second-order valence-electron chi connectivity index (χ2n) is 6.25. The van der Waals surface area contributed by atoms with Crippen molar-refractivity contribution < 1.29 is 9.59 Å². The average molecular weight is 422 g/mol. The standard InChI is InChI=1S/C21H16BrN3O2/c22-16-10-9-15-13-25(21(27)17(15)12-16)19(14-6-2-1-3-7-14)20(26)24-18-8-4-5-11-23-18/h1-12,19H,13H2,(H,23,24,26). The molecular formula is C21H16BrN3O2. The van der Waals surface area contributed by atoms with Crippen molar-refractivity contribution in [1.29, 1.82) is 0 Å². The number of aromatic nitrogens is 1. The number of fused-ring (bicyclic) bond motifs is 1. The Kier molecular flexibility index (Phi) is 4.73. The minimum Gasteiger partial charge on any atom is -0.318 e. The molecule has 1 aliphatic heterocycles. The summed E-state index contributed by atoms with van der Waals surface area (Å²) in [6.07, 6.45) is 1.61. The van der Waals surface area contributed by atoms with Crippen LogP contribution in [-0.4, -0.2) is 21.7 Å². The molecule has 2 heterocycles. The number of carbonyl (C=O) groups is 2. The van der Waals surface area contributed by atoms with Gasteiger partial charge in [-0.1, -0.05) is 58.4 Å². The van der Waals surface area contributed by atoms with E-state index in [9.17, 15) is 9.59 Å². The van der Waals surface area contributed by atoms with Crippen LogP contribution in [0.4, 0.5) is 5.82 Å². The van der Waals surface area contributed by atoms with Gasteiger partial charge in [-0.15, -0.1) is 0 Å². The van der Waals surface area contributed by atoms with Crippen molar-refractivity contribution in [2.75, 3.05) is 5.32 Å². The van der Waals surface area contributed by atoms with Crippen LogP contribution in [0.25, 0.3) is 0 Å². The van der Waals surface area contributed by atoms with Crippen LogP contribution >= 0.6 is 15.9 Å². The predicted molar refractivity (Wildman–Crippen MR) is 106 cm³/mol. The van der Waals surface area contributed by atoms with Gasteiger partial charge < -0.3 is 10.2 Å². The molecule has 0 aliphatic carbocycles. The Labute approximate surface area is 165 Å². The molecule has 4 rings (SSSR count). The summed E-state index contributed by atoms with van der Waals surface area (Å²) in [6, 6.07) is 19.5. The zero-order valence-corrected chi connectivity index (χ0v) is 15.9. The summed E-state index contributed by atoms with van der Waals surface area (Å²) >= 11 is 3.41. The first-order valence-electron chi connectivity index (χ1n) is 8.50. The van der Waals surface area contributed by atoms with Gasteiger partial charge in [0.1, 0.15) is 11.9 Å². The van der Waals surface area contributed by atoms with Crippen molar-refractivity contribution in [2.45, 2.75) is 12.6 Å². The van der Waals surface area contributed by atoms with Gasteiger partial charge in [0.25, 0.3) is 11.8 Å². The third-order valence-corrected chi connectivity index (χ3v) is 4.99. The molecule has 1 N–H and O–H groups in total. The number of hydrogen-bond acceptors (Lipinski definition) is 3. The largest absolute Gasteiger partial charge is 0.318 e. The van der Waals surface area contributed by atoms with E-state index in [4.69, 9.17) is 0 Å². The highest BCUT2D eigenvalue weighted by Crippen LogP contribution is 2.33. The molecule has 3 aromatic rings. The number of rotatable bonds is 4. The topological polar surface area (TPSA) is 62.3 Å². The zero-order valence-electron chi connectivity index (χ0n) is 14.3. The summed E-state index contributed by atoms with van der Waals surface area (Å²) in [6.45, 7) is 0.386. The Hall–Kier alpha value is -2.99. The highest BCUT2D eigenvalue weighted by Gasteiger charge is 2.37. The lowest BCUT2D eigenvalue weighted by atomic mass is 10.0. The molecule has 6 heteroatoms. The quantitative estimate of drug-likeness (QED) is 0.686. The molecule has 2 amide bonds. The van der Waals surface area contributed by atoms with Gasteiger partial charge in [0.05, 0.1) is 0 Å². The summed E-state index contributed by atoms with van der Waals surface area (Å²) in [5.41, 5.74) is 2.29. The number of nitrogens with one attached hydrogen (secondary N) is 1. The Morgan fingerprint density at radius 2 is 1.85 bits per heavy atom. The first-order valence-corrected chi connectivity index (χ1v) is 9.29. The van der Waals surface area contributed by atoms with Gasteiger partial charge in [-0.2, -0.15) is 0 Å². The smallest absolute Gasteiger partial charge is 0.255 e. The van der Waals surface area contributed by atoms with E-state index in [0.29, 0.717) is 17.9 Å². The van der Waals surface area contributed by atoms with Crippen LogP contribution in [0.3, 0.4) is 0 Å². The summed E-state index contributed by atoms with van der Waals surface area (Å²) in [5, 5.41) is 2.82. The second-order valence-corrected chi connectivity index (χ2v) is 7.17. The highest BCUT2D eigenvalue weighted by atomic mass is 79.9. The number of halogens is 1. The van der Waals surface area contributed by atoms with E-state index < -0.39 is 6.04 Å². The molecule has 1 aliphatic rings. The van der Waals surface area contributed by atoms with Gasteiger partial charge in [-0.25, -0.2) is 4.98 Å². The van der Waals surface area contributed by atoms with Crippen LogP contribution in [0.15, 0.2) is 77.4 Å². The molecule has 0 saturated carbocycles. The molecule has 0 bridgehead atoms.